The maximum atomic E-state index is 12.2. The molecule has 0 fully saturated rings. The summed E-state index contributed by atoms with van der Waals surface area (Å²) in [6, 6.07) is 7.33. The van der Waals surface area contributed by atoms with Gasteiger partial charge < -0.3 is 23.9 Å². The van der Waals surface area contributed by atoms with Gasteiger partial charge in [0.2, 0.25) is 11.7 Å². The highest BCUT2D eigenvalue weighted by atomic mass is 16.6. The van der Waals surface area contributed by atoms with Gasteiger partial charge in [-0.2, -0.15) is 0 Å². The van der Waals surface area contributed by atoms with Crippen LogP contribution in [0.4, 0.5) is 0 Å². The molecule has 0 saturated carbocycles. The number of carbonyl (C=O) groups excluding carboxylic acids is 1. The summed E-state index contributed by atoms with van der Waals surface area (Å²) in [7, 11) is 5.46. The van der Waals surface area contributed by atoms with E-state index in [1.54, 1.807) is 19.4 Å². The third kappa shape index (κ3) is 4.62. The second-order valence-corrected chi connectivity index (χ2v) is 6.32. The van der Waals surface area contributed by atoms with Gasteiger partial charge in [-0.25, -0.2) is 0 Å². The molecule has 27 heavy (non-hydrogen) atoms. The minimum absolute atomic E-state index is 0.0354. The number of nitrogens with one attached hydrogen (secondary N) is 1. The fourth-order valence-corrected chi connectivity index (χ4v) is 2.84. The summed E-state index contributed by atoms with van der Waals surface area (Å²) in [6.07, 6.45) is 4.83. The van der Waals surface area contributed by atoms with E-state index in [-0.39, 0.29) is 11.9 Å². The smallest absolute Gasteiger partial charge is 0.244 e. The van der Waals surface area contributed by atoms with Gasteiger partial charge in [0.25, 0.3) is 0 Å². The molecule has 1 aliphatic rings. The molecule has 144 valence electrons. The number of fused-ring (bicyclic) bond motifs is 1. The van der Waals surface area contributed by atoms with E-state index in [0.717, 1.165) is 11.3 Å². The Balaban J connectivity index is 1.64. The number of carbonyl (C=O) groups is 1. The van der Waals surface area contributed by atoms with Crippen LogP contribution in [0.1, 0.15) is 17.4 Å². The summed E-state index contributed by atoms with van der Waals surface area (Å²) in [6.45, 7) is 1.42. The molecule has 0 radical (unpaired) electrons. The van der Waals surface area contributed by atoms with Gasteiger partial charge in [0.05, 0.1) is 19.4 Å². The van der Waals surface area contributed by atoms with Crippen molar-refractivity contribution in [3.63, 3.8) is 0 Å². The number of hydrogen-bond donors (Lipinski definition) is 1. The molecule has 2 aromatic rings. The third-order valence-corrected chi connectivity index (χ3v) is 4.24. The van der Waals surface area contributed by atoms with Gasteiger partial charge >= 0.3 is 0 Å². The maximum absolute atomic E-state index is 12.2. The van der Waals surface area contributed by atoms with Crippen LogP contribution in [-0.4, -0.2) is 51.8 Å². The fraction of sp³-hybridized carbons (Fsp3) is 0.350. The normalized spacial score (nSPS) is 14.4. The zero-order chi connectivity index (χ0) is 19.2. The van der Waals surface area contributed by atoms with Crippen LogP contribution in [-0.2, 0) is 4.79 Å². The Morgan fingerprint density at radius 2 is 2.15 bits per heavy atom. The van der Waals surface area contributed by atoms with Crippen molar-refractivity contribution < 1.29 is 23.4 Å². The summed E-state index contributed by atoms with van der Waals surface area (Å²) < 4.78 is 22.0. The second kappa shape index (κ2) is 8.64. The summed E-state index contributed by atoms with van der Waals surface area (Å²) in [5, 5.41) is 2.90. The van der Waals surface area contributed by atoms with Gasteiger partial charge in [-0.15, -0.1) is 0 Å². The number of nitrogens with zero attached hydrogens (tertiary/aromatic N) is 1. The van der Waals surface area contributed by atoms with Crippen molar-refractivity contribution in [3.8, 4) is 17.2 Å². The predicted octanol–water partition coefficient (Wildman–Crippen LogP) is 2.49. The van der Waals surface area contributed by atoms with Gasteiger partial charge in [0.1, 0.15) is 19.0 Å². The summed E-state index contributed by atoms with van der Waals surface area (Å²) >= 11 is 0. The topological polar surface area (TPSA) is 73.2 Å². The molecule has 2 heterocycles. The van der Waals surface area contributed by atoms with Gasteiger partial charge in [-0.05, 0) is 50.0 Å². The number of hydrogen-bond acceptors (Lipinski definition) is 6. The predicted molar refractivity (Wildman–Crippen MR) is 101 cm³/mol. The number of benzene rings is 1. The van der Waals surface area contributed by atoms with Crippen molar-refractivity contribution in [2.24, 2.45) is 0 Å². The highest BCUT2D eigenvalue weighted by molar-refractivity contribution is 5.92. The van der Waals surface area contributed by atoms with Crippen LogP contribution >= 0.6 is 0 Å². The van der Waals surface area contributed by atoms with Crippen LogP contribution in [0.5, 0.6) is 17.2 Å². The molecule has 1 N–H and O–H groups in total. The zero-order valence-electron chi connectivity index (χ0n) is 15.7. The van der Waals surface area contributed by atoms with Crippen LogP contribution in [0.25, 0.3) is 6.08 Å². The highest BCUT2D eigenvalue weighted by Crippen LogP contribution is 2.40. The van der Waals surface area contributed by atoms with E-state index in [1.165, 1.54) is 6.08 Å². The van der Waals surface area contributed by atoms with Crippen LogP contribution in [0, 0.1) is 0 Å². The lowest BCUT2D eigenvalue weighted by Gasteiger charge is -2.22. The lowest BCUT2D eigenvalue weighted by Crippen LogP contribution is -2.33. The Bertz CT molecular complexity index is 782. The molecule has 7 nitrogen and oxygen atoms in total. The highest BCUT2D eigenvalue weighted by Gasteiger charge is 2.19. The molecule has 1 aromatic heterocycles. The average molecular weight is 372 g/mol. The molecule has 1 aliphatic heterocycles. The van der Waals surface area contributed by atoms with Crippen LogP contribution < -0.4 is 19.5 Å². The SMILES string of the molecule is COc1cc(C=CC(=O)NCC(c2ccco2)N(C)C)cc2c1OCCO2. The number of ether oxygens (including phenoxy) is 3. The lowest BCUT2D eigenvalue weighted by molar-refractivity contribution is -0.116. The number of amides is 1. The molecule has 0 bridgehead atoms. The number of furan rings is 1. The first-order valence-electron chi connectivity index (χ1n) is 8.72. The minimum Gasteiger partial charge on any atom is -0.493 e. The molecular weight excluding hydrogens is 348 g/mol. The van der Waals surface area contributed by atoms with Crippen molar-refractivity contribution in [3.05, 3.63) is 47.9 Å². The Morgan fingerprint density at radius 3 is 2.85 bits per heavy atom. The first-order chi connectivity index (χ1) is 13.1. The minimum atomic E-state index is -0.192. The molecule has 7 heteroatoms. The number of likely N-dealkylation sites (N-methyl/N-ethyl adjacent to an activating group) is 1. The van der Waals surface area contributed by atoms with E-state index in [0.29, 0.717) is 37.0 Å². The summed E-state index contributed by atoms with van der Waals surface area (Å²) in [5.74, 6) is 2.41. The molecule has 1 amide bonds. The van der Waals surface area contributed by atoms with Crippen molar-refractivity contribution in [1.82, 2.24) is 10.2 Å². The molecule has 1 unspecified atom stereocenters. The number of methoxy groups -OCH3 is 1. The van der Waals surface area contributed by atoms with E-state index >= 15 is 0 Å². The average Bonchev–Trinajstić information content (AvgIpc) is 3.20. The standard InChI is InChI=1S/C20H24N2O5/c1-22(2)15(16-5-4-8-25-16)13-21-19(23)7-6-14-11-17(24-3)20-18(12-14)26-9-10-27-20/h4-8,11-12,15H,9-10,13H2,1-3H3,(H,21,23). The summed E-state index contributed by atoms with van der Waals surface area (Å²) in [5.41, 5.74) is 0.793. The van der Waals surface area contributed by atoms with Gasteiger partial charge in [0, 0.05) is 12.6 Å². The van der Waals surface area contributed by atoms with Crippen molar-refractivity contribution in [2.75, 3.05) is 41.0 Å². The van der Waals surface area contributed by atoms with Crippen molar-refractivity contribution >= 4 is 12.0 Å². The van der Waals surface area contributed by atoms with Crippen molar-refractivity contribution in [1.29, 1.82) is 0 Å². The maximum Gasteiger partial charge on any atom is 0.244 e. The first kappa shape index (κ1) is 18.8. The Labute approximate surface area is 158 Å². The molecule has 0 spiro atoms. The van der Waals surface area contributed by atoms with Gasteiger partial charge in [-0.3, -0.25) is 9.69 Å². The molecule has 1 aromatic carbocycles. The molecule has 0 saturated heterocycles. The van der Waals surface area contributed by atoms with Crippen LogP contribution in [0.15, 0.2) is 41.0 Å². The lowest BCUT2D eigenvalue weighted by atomic mass is 10.1. The number of rotatable bonds is 7. The van der Waals surface area contributed by atoms with E-state index in [1.807, 2.05) is 43.3 Å². The Kier molecular flexibility index (Phi) is 6.03. The third-order valence-electron chi connectivity index (χ3n) is 4.24. The van der Waals surface area contributed by atoms with E-state index in [4.69, 9.17) is 18.6 Å². The van der Waals surface area contributed by atoms with Crippen molar-refractivity contribution in [2.45, 2.75) is 6.04 Å². The Hall–Kier alpha value is -2.93. The largest absolute Gasteiger partial charge is 0.493 e. The van der Waals surface area contributed by atoms with Gasteiger partial charge in [0.15, 0.2) is 11.5 Å². The quantitative estimate of drug-likeness (QED) is 0.753. The second-order valence-electron chi connectivity index (χ2n) is 6.32. The molecule has 0 aliphatic carbocycles. The summed E-state index contributed by atoms with van der Waals surface area (Å²) in [4.78, 5) is 14.2. The van der Waals surface area contributed by atoms with Gasteiger partial charge in [-0.1, -0.05) is 0 Å². The van der Waals surface area contributed by atoms with Crippen LogP contribution in [0.2, 0.25) is 0 Å². The monoisotopic (exact) mass is 372 g/mol. The molecule has 3 rings (SSSR count). The molecular formula is C20H24N2O5. The zero-order valence-corrected chi connectivity index (χ0v) is 15.7. The fourth-order valence-electron chi connectivity index (χ4n) is 2.84. The van der Waals surface area contributed by atoms with E-state index in [2.05, 4.69) is 5.32 Å². The van der Waals surface area contributed by atoms with E-state index in [9.17, 15) is 4.79 Å². The Morgan fingerprint density at radius 1 is 1.33 bits per heavy atom. The van der Waals surface area contributed by atoms with Crippen LogP contribution in [0.3, 0.4) is 0 Å². The molecule has 1 atom stereocenters. The van der Waals surface area contributed by atoms with E-state index < -0.39 is 0 Å². The first-order valence-corrected chi connectivity index (χ1v) is 8.72.